The van der Waals surface area contributed by atoms with Crippen molar-refractivity contribution >= 4 is 10.0 Å². The third kappa shape index (κ3) is 4.08. The summed E-state index contributed by atoms with van der Waals surface area (Å²) in [5.41, 5.74) is 6.40. The molecule has 5 heteroatoms. The van der Waals surface area contributed by atoms with E-state index in [2.05, 4.69) is 18.6 Å². The van der Waals surface area contributed by atoms with Crippen molar-refractivity contribution in [1.82, 2.24) is 4.72 Å². The molecule has 3 N–H and O–H groups in total. The number of hydrogen-bond acceptors (Lipinski definition) is 3. The highest BCUT2D eigenvalue weighted by Gasteiger charge is 2.16. The predicted octanol–water partition coefficient (Wildman–Crippen LogP) is 1.72. The molecule has 18 heavy (non-hydrogen) atoms. The lowest BCUT2D eigenvalue weighted by atomic mass is 9.99. The summed E-state index contributed by atoms with van der Waals surface area (Å²) in [6, 6.07) is 6.65. The Morgan fingerprint density at radius 2 is 1.72 bits per heavy atom. The fourth-order valence-electron chi connectivity index (χ4n) is 1.36. The SMILES string of the molecule is CC(C)C(C)CNS(=O)(=O)c1ccc(CN)cc1. The van der Waals surface area contributed by atoms with Gasteiger partial charge in [-0.2, -0.15) is 0 Å². The lowest BCUT2D eigenvalue weighted by molar-refractivity contribution is 0.414. The summed E-state index contributed by atoms with van der Waals surface area (Å²) in [4.78, 5) is 0.288. The molecule has 0 bridgehead atoms. The molecule has 0 aliphatic heterocycles. The number of nitrogens with one attached hydrogen (secondary N) is 1. The van der Waals surface area contributed by atoms with Gasteiger partial charge < -0.3 is 5.73 Å². The molecule has 0 aromatic heterocycles. The highest BCUT2D eigenvalue weighted by Crippen LogP contribution is 2.12. The Kier molecular flexibility index (Phi) is 5.31. The van der Waals surface area contributed by atoms with Gasteiger partial charge in [0.25, 0.3) is 0 Å². The van der Waals surface area contributed by atoms with Crippen LogP contribution in [0.15, 0.2) is 29.2 Å². The van der Waals surface area contributed by atoms with E-state index in [-0.39, 0.29) is 4.90 Å². The zero-order valence-corrected chi connectivity index (χ0v) is 12.0. The molecule has 0 heterocycles. The van der Waals surface area contributed by atoms with Gasteiger partial charge in [0.2, 0.25) is 10.0 Å². The van der Waals surface area contributed by atoms with E-state index < -0.39 is 10.0 Å². The normalized spacial score (nSPS) is 13.8. The number of sulfonamides is 1. The van der Waals surface area contributed by atoms with Crippen LogP contribution in [0.3, 0.4) is 0 Å². The Bertz CT molecular complexity index is 466. The Morgan fingerprint density at radius 1 is 1.17 bits per heavy atom. The number of benzene rings is 1. The van der Waals surface area contributed by atoms with Crippen molar-refractivity contribution in [1.29, 1.82) is 0 Å². The van der Waals surface area contributed by atoms with Gasteiger partial charge in [0, 0.05) is 13.1 Å². The Balaban J connectivity index is 2.73. The molecule has 4 nitrogen and oxygen atoms in total. The van der Waals surface area contributed by atoms with E-state index in [1.54, 1.807) is 24.3 Å². The van der Waals surface area contributed by atoms with Crippen LogP contribution in [0.5, 0.6) is 0 Å². The van der Waals surface area contributed by atoms with Crippen LogP contribution < -0.4 is 10.5 Å². The van der Waals surface area contributed by atoms with E-state index in [0.29, 0.717) is 24.9 Å². The second-order valence-corrected chi connectivity index (χ2v) is 6.69. The standard InChI is InChI=1S/C13H22N2O2S/c1-10(2)11(3)9-15-18(16,17)13-6-4-12(8-14)5-7-13/h4-7,10-11,15H,8-9,14H2,1-3H3. The monoisotopic (exact) mass is 270 g/mol. The van der Waals surface area contributed by atoms with Crippen molar-refractivity contribution < 1.29 is 8.42 Å². The zero-order chi connectivity index (χ0) is 13.8. The van der Waals surface area contributed by atoms with Gasteiger partial charge in [-0.25, -0.2) is 13.1 Å². The van der Waals surface area contributed by atoms with Crippen LogP contribution >= 0.6 is 0 Å². The van der Waals surface area contributed by atoms with Crippen LogP contribution in [0.4, 0.5) is 0 Å². The van der Waals surface area contributed by atoms with Crippen molar-refractivity contribution in [2.45, 2.75) is 32.2 Å². The molecule has 0 fully saturated rings. The first-order valence-corrected chi connectivity index (χ1v) is 7.64. The van der Waals surface area contributed by atoms with Gasteiger partial charge in [0.05, 0.1) is 4.90 Å². The molecule has 0 aliphatic rings. The quantitative estimate of drug-likeness (QED) is 0.826. The largest absolute Gasteiger partial charge is 0.326 e. The fourth-order valence-corrected chi connectivity index (χ4v) is 2.51. The summed E-state index contributed by atoms with van der Waals surface area (Å²) in [6.07, 6.45) is 0. The van der Waals surface area contributed by atoms with Crippen LogP contribution in [-0.4, -0.2) is 15.0 Å². The molecular weight excluding hydrogens is 248 g/mol. The smallest absolute Gasteiger partial charge is 0.240 e. The third-order valence-electron chi connectivity index (χ3n) is 3.20. The topological polar surface area (TPSA) is 72.2 Å². The lowest BCUT2D eigenvalue weighted by Gasteiger charge is -2.16. The molecule has 0 aliphatic carbocycles. The minimum atomic E-state index is -3.40. The molecule has 102 valence electrons. The molecule has 1 rings (SSSR count). The van der Waals surface area contributed by atoms with Crippen LogP contribution in [0.2, 0.25) is 0 Å². The van der Waals surface area contributed by atoms with Gasteiger partial charge in [-0.15, -0.1) is 0 Å². The minimum Gasteiger partial charge on any atom is -0.326 e. The second-order valence-electron chi connectivity index (χ2n) is 4.92. The second kappa shape index (κ2) is 6.31. The molecule has 0 spiro atoms. The van der Waals surface area contributed by atoms with Crippen molar-refractivity contribution in [3.05, 3.63) is 29.8 Å². The highest BCUT2D eigenvalue weighted by molar-refractivity contribution is 7.89. The van der Waals surface area contributed by atoms with Crippen LogP contribution in [0.25, 0.3) is 0 Å². The first-order valence-electron chi connectivity index (χ1n) is 6.15. The van der Waals surface area contributed by atoms with Crippen LogP contribution in [0.1, 0.15) is 26.3 Å². The van der Waals surface area contributed by atoms with E-state index >= 15 is 0 Å². The average Bonchev–Trinajstić information content (AvgIpc) is 2.36. The Labute approximate surface area is 110 Å². The molecule has 0 saturated carbocycles. The molecule has 0 amide bonds. The Hall–Kier alpha value is -0.910. The Morgan fingerprint density at radius 3 is 2.17 bits per heavy atom. The number of nitrogens with two attached hydrogens (primary N) is 1. The maximum atomic E-state index is 12.0. The molecule has 1 unspecified atom stereocenters. The molecule has 0 radical (unpaired) electrons. The minimum absolute atomic E-state index is 0.288. The summed E-state index contributed by atoms with van der Waals surface area (Å²) in [5, 5.41) is 0. The average molecular weight is 270 g/mol. The third-order valence-corrected chi connectivity index (χ3v) is 4.64. The van der Waals surface area contributed by atoms with Gasteiger partial charge >= 0.3 is 0 Å². The van der Waals surface area contributed by atoms with Gasteiger partial charge in [-0.3, -0.25) is 0 Å². The zero-order valence-electron chi connectivity index (χ0n) is 11.2. The fraction of sp³-hybridized carbons (Fsp3) is 0.538. The van der Waals surface area contributed by atoms with Crippen molar-refractivity contribution in [3.63, 3.8) is 0 Å². The van der Waals surface area contributed by atoms with E-state index in [9.17, 15) is 8.42 Å². The van der Waals surface area contributed by atoms with Crippen molar-refractivity contribution in [2.75, 3.05) is 6.54 Å². The summed E-state index contributed by atoms with van der Waals surface area (Å²) >= 11 is 0. The predicted molar refractivity (Wildman–Crippen MR) is 73.5 cm³/mol. The van der Waals surface area contributed by atoms with E-state index in [4.69, 9.17) is 5.73 Å². The first-order chi connectivity index (χ1) is 8.36. The summed E-state index contributed by atoms with van der Waals surface area (Å²) in [7, 11) is -3.40. The van der Waals surface area contributed by atoms with E-state index in [0.717, 1.165) is 5.56 Å². The summed E-state index contributed by atoms with van der Waals surface area (Å²) in [5.74, 6) is 0.760. The summed E-state index contributed by atoms with van der Waals surface area (Å²) < 4.78 is 26.7. The van der Waals surface area contributed by atoms with Gasteiger partial charge in [0.1, 0.15) is 0 Å². The van der Waals surface area contributed by atoms with E-state index in [1.165, 1.54) is 0 Å². The van der Waals surface area contributed by atoms with Crippen molar-refractivity contribution in [3.8, 4) is 0 Å². The van der Waals surface area contributed by atoms with Gasteiger partial charge in [0.15, 0.2) is 0 Å². The highest BCUT2D eigenvalue weighted by atomic mass is 32.2. The van der Waals surface area contributed by atoms with Crippen LogP contribution in [-0.2, 0) is 16.6 Å². The first kappa shape index (κ1) is 15.1. The van der Waals surface area contributed by atoms with Gasteiger partial charge in [-0.05, 0) is 29.5 Å². The molecular formula is C13H22N2O2S. The molecule has 1 aromatic rings. The van der Waals surface area contributed by atoms with E-state index in [1.807, 2.05) is 6.92 Å². The maximum Gasteiger partial charge on any atom is 0.240 e. The summed E-state index contributed by atoms with van der Waals surface area (Å²) in [6.45, 7) is 7.06. The van der Waals surface area contributed by atoms with Gasteiger partial charge in [-0.1, -0.05) is 32.9 Å². The maximum absolute atomic E-state index is 12.0. The molecule has 1 aromatic carbocycles. The number of rotatable bonds is 6. The lowest BCUT2D eigenvalue weighted by Crippen LogP contribution is -2.30. The molecule has 0 saturated heterocycles. The number of hydrogen-bond donors (Lipinski definition) is 2. The van der Waals surface area contributed by atoms with Crippen molar-refractivity contribution in [2.24, 2.45) is 17.6 Å². The molecule has 1 atom stereocenters. The van der Waals surface area contributed by atoms with Crippen LogP contribution in [0, 0.1) is 11.8 Å².